The Labute approximate surface area is 139 Å². The normalized spacial score (nSPS) is 10.8. The van der Waals surface area contributed by atoms with Gasteiger partial charge < -0.3 is 15.1 Å². The van der Waals surface area contributed by atoms with E-state index in [0.29, 0.717) is 0 Å². The molecule has 0 atom stereocenters. The minimum atomic E-state index is 0.766. The lowest BCUT2D eigenvalue weighted by atomic mass is 10.2. The topological polar surface area (TPSA) is 44.3 Å². The van der Waals surface area contributed by atoms with Crippen molar-refractivity contribution >= 4 is 11.6 Å². The molecule has 0 aliphatic rings. The lowest BCUT2D eigenvalue weighted by Crippen LogP contribution is -2.24. The number of hydrogen-bond acceptors (Lipinski definition) is 5. The van der Waals surface area contributed by atoms with Gasteiger partial charge in [0.05, 0.1) is 0 Å². The zero-order valence-corrected chi connectivity index (χ0v) is 14.6. The van der Waals surface area contributed by atoms with E-state index in [4.69, 9.17) is 4.98 Å². The molecule has 1 heterocycles. The third kappa shape index (κ3) is 4.93. The van der Waals surface area contributed by atoms with E-state index in [9.17, 15) is 0 Å². The second kappa shape index (κ2) is 8.48. The van der Waals surface area contributed by atoms with E-state index in [1.165, 1.54) is 0 Å². The molecule has 23 heavy (non-hydrogen) atoms. The number of aromatic nitrogens is 2. The van der Waals surface area contributed by atoms with Gasteiger partial charge in [-0.3, -0.25) is 0 Å². The molecule has 0 aliphatic heterocycles. The lowest BCUT2D eigenvalue weighted by molar-refractivity contribution is 0.425. The quantitative estimate of drug-likeness (QED) is 0.812. The molecule has 1 N–H and O–H groups in total. The fraction of sp³-hybridized carbons (Fsp3) is 0.444. The molecule has 5 heteroatoms. The number of anilines is 2. The summed E-state index contributed by atoms with van der Waals surface area (Å²) >= 11 is 0. The number of nitrogens with one attached hydrogen (secondary N) is 1. The fourth-order valence-electron chi connectivity index (χ4n) is 2.36. The van der Waals surface area contributed by atoms with Crippen molar-refractivity contribution in [1.29, 1.82) is 0 Å². The molecule has 0 aliphatic carbocycles. The van der Waals surface area contributed by atoms with Crippen LogP contribution in [0.3, 0.4) is 0 Å². The summed E-state index contributed by atoms with van der Waals surface area (Å²) in [5.74, 6) is 2.61. The zero-order chi connectivity index (χ0) is 16.7. The van der Waals surface area contributed by atoms with Crippen molar-refractivity contribution in [1.82, 2.24) is 14.9 Å². The summed E-state index contributed by atoms with van der Waals surface area (Å²) in [7, 11) is 4.14. The van der Waals surface area contributed by atoms with Crippen molar-refractivity contribution in [3.8, 4) is 11.4 Å². The van der Waals surface area contributed by atoms with Crippen LogP contribution in [0.1, 0.15) is 13.8 Å². The van der Waals surface area contributed by atoms with Crippen molar-refractivity contribution in [2.45, 2.75) is 13.8 Å². The van der Waals surface area contributed by atoms with Gasteiger partial charge in [-0.1, -0.05) is 30.3 Å². The van der Waals surface area contributed by atoms with Gasteiger partial charge in [-0.05, 0) is 27.9 Å². The Bertz CT molecular complexity index is 594. The predicted molar refractivity (Wildman–Crippen MR) is 98.1 cm³/mol. The first-order valence-corrected chi connectivity index (χ1v) is 8.22. The number of rotatable bonds is 8. The first-order chi connectivity index (χ1) is 11.1. The Kier molecular flexibility index (Phi) is 6.35. The van der Waals surface area contributed by atoms with Gasteiger partial charge >= 0.3 is 0 Å². The highest BCUT2D eigenvalue weighted by Gasteiger charge is 2.10. The molecule has 2 aromatic rings. The van der Waals surface area contributed by atoms with Crippen LogP contribution in [0.15, 0.2) is 36.4 Å². The Hall–Kier alpha value is -2.14. The Balaban J connectivity index is 2.31. The van der Waals surface area contributed by atoms with Crippen LogP contribution in [0.25, 0.3) is 11.4 Å². The summed E-state index contributed by atoms with van der Waals surface area (Å²) in [4.78, 5) is 13.8. The van der Waals surface area contributed by atoms with Gasteiger partial charge in [0.2, 0.25) is 0 Å². The molecular formula is C18H27N5. The molecule has 0 saturated carbocycles. The van der Waals surface area contributed by atoms with Crippen LogP contribution in [-0.2, 0) is 0 Å². The SMILES string of the molecule is CCN(CC)c1cc(NCCN(C)C)nc(-c2ccccc2)n1. The number of nitrogens with zero attached hydrogens (tertiary/aromatic N) is 4. The summed E-state index contributed by atoms with van der Waals surface area (Å²) in [5, 5.41) is 3.41. The lowest BCUT2D eigenvalue weighted by Gasteiger charge is -2.21. The molecule has 1 aromatic heterocycles. The van der Waals surface area contributed by atoms with E-state index in [0.717, 1.165) is 49.2 Å². The fourth-order valence-corrected chi connectivity index (χ4v) is 2.36. The highest BCUT2D eigenvalue weighted by Crippen LogP contribution is 2.22. The maximum absolute atomic E-state index is 4.75. The molecule has 1 aromatic carbocycles. The number of hydrogen-bond donors (Lipinski definition) is 1. The van der Waals surface area contributed by atoms with Crippen molar-refractivity contribution in [2.75, 3.05) is 50.5 Å². The molecule has 0 fully saturated rings. The monoisotopic (exact) mass is 313 g/mol. The molecule has 124 valence electrons. The van der Waals surface area contributed by atoms with Crippen molar-refractivity contribution in [3.63, 3.8) is 0 Å². The summed E-state index contributed by atoms with van der Waals surface area (Å²) < 4.78 is 0. The molecule has 0 radical (unpaired) electrons. The van der Waals surface area contributed by atoms with Crippen molar-refractivity contribution < 1.29 is 0 Å². The van der Waals surface area contributed by atoms with Crippen LogP contribution in [0, 0.1) is 0 Å². The molecule has 0 unspecified atom stereocenters. The van der Waals surface area contributed by atoms with Crippen LogP contribution >= 0.6 is 0 Å². The maximum Gasteiger partial charge on any atom is 0.163 e. The number of likely N-dealkylation sites (N-methyl/N-ethyl adjacent to an activating group) is 1. The maximum atomic E-state index is 4.75. The molecule has 0 saturated heterocycles. The number of benzene rings is 1. The van der Waals surface area contributed by atoms with E-state index < -0.39 is 0 Å². The predicted octanol–water partition coefficient (Wildman–Crippen LogP) is 2.96. The van der Waals surface area contributed by atoms with E-state index >= 15 is 0 Å². The molecule has 2 rings (SSSR count). The summed E-state index contributed by atoms with van der Waals surface area (Å²) in [6.45, 7) is 7.97. The van der Waals surface area contributed by atoms with Crippen LogP contribution in [0.4, 0.5) is 11.6 Å². The smallest absolute Gasteiger partial charge is 0.163 e. The summed E-state index contributed by atoms with van der Waals surface area (Å²) in [6, 6.07) is 12.2. The zero-order valence-electron chi connectivity index (χ0n) is 14.6. The van der Waals surface area contributed by atoms with Gasteiger partial charge in [0.15, 0.2) is 5.82 Å². The first-order valence-electron chi connectivity index (χ1n) is 8.22. The van der Waals surface area contributed by atoms with E-state index in [-0.39, 0.29) is 0 Å². The molecule has 0 spiro atoms. The van der Waals surface area contributed by atoms with Gasteiger partial charge in [0.25, 0.3) is 0 Å². The van der Waals surface area contributed by atoms with E-state index in [1.807, 2.05) is 36.4 Å². The Morgan fingerprint density at radius 1 is 1.00 bits per heavy atom. The minimum Gasteiger partial charge on any atom is -0.369 e. The van der Waals surface area contributed by atoms with Crippen LogP contribution < -0.4 is 10.2 Å². The summed E-state index contributed by atoms with van der Waals surface area (Å²) in [6.07, 6.45) is 0. The van der Waals surface area contributed by atoms with Gasteiger partial charge in [0, 0.05) is 37.8 Å². The van der Waals surface area contributed by atoms with Gasteiger partial charge in [-0.2, -0.15) is 0 Å². The van der Waals surface area contributed by atoms with Crippen LogP contribution in [-0.4, -0.2) is 55.1 Å². The molecule has 0 amide bonds. The van der Waals surface area contributed by atoms with Gasteiger partial charge in [-0.25, -0.2) is 9.97 Å². The van der Waals surface area contributed by atoms with E-state index in [2.05, 4.69) is 48.0 Å². The average Bonchev–Trinajstić information content (AvgIpc) is 2.56. The first kappa shape index (κ1) is 17.2. The highest BCUT2D eigenvalue weighted by molar-refractivity contribution is 5.61. The Morgan fingerprint density at radius 3 is 2.30 bits per heavy atom. The average molecular weight is 313 g/mol. The Morgan fingerprint density at radius 2 is 1.70 bits per heavy atom. The van der Waals surface area contributed by atoms with Gasteiger partial charge in [-0.15, -0.1) is 0 Å². The standard InChI is InChI=1S/C18H27N5/c1-5-23(6-2)17-14-16(19-12-13-22(3)4)20-18(21-17)15-10-8-7-9-11-15/h7-11,14H,5-6,12-13H2,1-4H3,(H,19,20,21). The molecule has 5 nitrogen and oxygen atoms in total. The van der Waals surface area contributed by atoms with Crippen LogP contribution in [0.2, 0.25) is 0 Å². The second-order valence-electron chi connectivity index (χ2n) is 5.70. The largest absolute Gasteiger partial charge is 0.369 e. The van der Waals surface area contributed by atoms with Crippen LogP contribution in [0.5, 0.6) is 0 Å². The second-order valence-corrected chi connectivity index (χ2v) is 5.70. The van der Waals surface area contributed by atoms with E-state index in [1.54, 1.807) is 0 Å². The minimum absolute atomic E-state index is 0.766. The van der Waals surface area contributed by atoms with Gasteiger partial charge in [0.1, 0.15) is 11.6 Å². The summed E-state index contributed by atoms with van der Waals surface area (Å²) in [5.41, 5.74) is 1.04. The molecular weight excluding hydrogens is 286 g/mol. The highest BCUT2D eigenvalue weighted by atomic mass is 15.2. The third-order valence-corrected chi connectivity index (χ3v) is 3.70. The third-order valence-electron chi connectivity index (χ3n) is 3.70. The van der Waals surface area contributed by atoms with Crippen molar-refractivity contribution in [2.24, 2.45) is 0 Å². The molecule has 0 bridgehead atoms. The van der Waals surface area contributed by atoms with Crippen molar-refractivity contribution in [3.05, 3.63) is 36.4 Å².